The molecule has 0 saturated carbocycles. The molecular formula is C20H18ClN3O2. The largest absolute Gasteiger partial charge is 0.497 e. The van der Waals surface area contributed by atoms with Gasteiger partial charge in [-0.25, -0.2) is 4.98 Å². The fourth-order valence-corrected chi connectivity index (χ4v) is 2.62. The van der Waals surface area contributed by atoms with Crippen molar-refractivity contribution < 1.29 is 9.53 Å². The molecule has 1 aromatic heterocycles. The van der Waals surface area contributed by atoms with Crippen molar-refractivity contribution in [3.63, 3.8) is 0 Å². The molecule has 5 nitrogen and oxygen atoms in total. The highest BCUT2D eigenvalue weighted by atomic mass is 35.5. The number of benzene rings is 2. The number of amides is 1. The van der Waals surface area contributed by atoms with E-state index in [0.29, 0.717) is 27.8 Å². The van der Waals surface area contributed by atoms with Crippen LogP contribution in [0, 0.1) is 6.92 Å². The van der Waals surface area contributed by atoms with Crippen molar-refractivity contribution in [3.05, 3.63) is 76.9 Å². The Morgan fingerprint density at radius 2 is 1.85 bits per heavy atom. The lowest BCUT2D eigenvalue weighted by Gasteiger charge is -2.10. The summed E-state index contributed by atoms with van der Waals surface area (Å²) in [6.07, 6.45) is 1.61. The first kappa shape index (κ1) is 17.8. The lowest BCUT2D eigenvalue weighted by Crippen LogP contribution is -2.12. The van der Waals surface area contributed by atoms with Crippen LogP contribution in [0.4, 0.5) is 17.2 Å². The number of hydrogen-bond donors (Lipinski definition) is 2. The molecule has 3 rings (SSSR count). The van der Waals surface area contributed by atoms with Gasteiger partial charge in [0.15, 0.2) is 0 Å². The minimum absolute atomic E-state index is 0.205. The number of halogens is 1. The Morgan fingerprint density at radius 3 is 2.46 bits per heavy atom. The Morgan fingerprint density at radius 1 is 1.08 bits per heavy atom. The first-order valence-electron chi connectivity index (χ1n) is 8.00. The summed E-state index contributed by atoms with van der Waals surface area (Å²) in [5.74, 6) is 1.18. The van der Waals surface area contributed by atoms with Crippen molar-refractivity contribution in [2.24, 2.45) is 0 Å². The molecule has 2 aromatic carbocycles. The van der Waals surface area contributed by atoms with Crippen LogP contribution in [0.5, 0.6) is 5.75 Å². The molecule has 0 fully saturated rings. The van der Waals surface area contributed by atoms with Crippen molar-refractivity contribution in [2.45, 2.75) is 6.92 Å². The Kier molecular flexibility index (Phi) is 5.39. The molecule has 0 atom stereocenters. The SMILES string of the molecule is COc1ccc(C(=O)Nc2ccc(Nc3ccc(Cl)cc3C)nc2)cc1. The van der Waals surface area contributed by atoms with Crippen LogP contribution in [-0.4, -0.2) is 18.0 Å². The van der Waals surface area contributed by atoms with Crippen LogP contribution in [0.25, 0.3) is 0 Å². The molecule has 0 aliphatic heterocycles. The van der Waals surface area contributed by atoms with Crippen LogP contribution < -0.4 is 15.4 Å². The average Bonchev–Trinajstić information content (AvgIpc) is 2.65. The third-order valence-electron chi connectivity index (χ3n) is 3.82. The van der Waals surface area contributed by atoms with E-state index in [2.05, 4.69) is 15.6 Å². The van der Waals surface area contributed by atoms with E-state index in [1.807, 2.05) is 25.1 Å². The van der Waals surface area contributed by atoms with Gasteiger partial charge in [-0.15, -0.1) is 0 Å². The highest BCUT2D eigenvalue weighted by molar-refractivity contribution is 6.30. The molecule has 132 valence electrons. The number of nitrogens with one attached hydrogen (secondary N) is 2. The minimum Gasteiger partial charge on any atom is -0.497 e. The molecule has 0 radical (unpaired) electrons. The molecule has 0 unspecified atom stereocenters. The first-order chi connectivity index (χ1) is 12.5. The monoisotopic (exact) mass is 367 g/mol. The Bertz CT molecular complexity index is 909. The number of ether oxygens (including phenoxy) is 1. The second kappa shape index (κ2) is 7.89. The summed E-state index contributed by atoms with van der Waals surface area (Å²) < 4.78 is 5.09. The van der Waals surface area contributed by atoms with Gasteiger partial charge >= 0.3 is 0 Å². The summed E-state index contributed by atoms with van der Waals surface area (Å²) in [5, 5.41) is 6.74. The van der Waals surface area contributed by atoms with E-state index in [0.717, 1.165) is 11.3 Å². The van der Waals surface area contributed by atoms with Crippen LogP contribution in [0.1, 0.15) is 15.9 Å². The summed E-state index contributed by atoms with van der Waals surface area (Å²) >= 11 is 5.97. The molecule has 2 N–H and O–H groups in total. The summed E-state index contributed by atoms with van der Waals surface area (Å²) in [4.78, 5) is 16.6. The Balaban J connectivity index is 1.66. The van der Waals surface area contributed by atoms with E-state index in [-0.39, 0.29) is 5.91 Å². The predicted molar refractivity (Wildman–Crippen MR) is 105 cm³/mol. The summed E-state index contributed by atoms with van der Waals surface area (Å²) in [6, 6.07) is 16.1. The molecule has 0 bridgehead atoms. The van der Waals surface area contributed by atoms with E-state index in [1.165, 1.54) is 0 Å². The van der Waals surface area contributed by atoms with Gasteiger partial charge in [-0.1, -0.05) is 11.6 Å². The first-order valence-corrected chi connectivity index (χ1v) is 8.37. The zero-order valence-corrected chi connectivity index (χ0v) is 15.2. The Labute approximate surface area is 157 Å². The number of anilines is 3. The molecule has 0 aliphatic rings. The number of nitrogens with zero attached hydrogens (tertiary/aromatic N) is 1. The maximum Gasteiger partial charge on any atom is 0.255 e. The number of pyridine rings is 1. The van der Waals surface area contributed by atoms with Crippen LogP contribution in [0.3, 0.4) is 0 Å². The predicted octanol–water partition coefficient (Wildman–Crippen LogP) is 5.05. The molecule has 3 aromatic rings. The molecule has 26 heavy (non-hydrogen) atoms. The summed E-state index contributed by atoms with van der Waals surface area (Å²) in [5.41, 5.74) is 3.11. The quantitative estimate of drug-likeness (QED) is 0.662. The van der Waals surface area contributed by atoms with Gasteiger partial charge in [0.05, 0.1) is 19.0 Å². The van der Waals surface area contributed by atoms with Crippen molar-refractivity contribution >= 4 is 34.7 Å². The van der Waals surface area contributed by atoms with Crippen molar-refractivity contribution in [1.82, 2.24) is 4.98 Å². The van der Waals surface area contributed by atoms with E-state index in [4.69, 9.17) is 16.3 Å². The molecule has 0 spiro atoms. The fraction of sp³-hybridized carbons (Fsp3) is 0.100. The number of rotatable bonds is 5. The van der Waals surface area contributed by atoms with Crippen LogP contribution in [-0.2, 0) is 0 Å². The minimum atomic E-state index is -0.205. The van der Waals surface area contributed by atoms with Gasteiger partial charge in [0.25, 0.3) is 5.91 Å². The zero-order chi connectivity index (χ0) is 18.5. The molecule has 0 aliphatic carbocycles. The topological polar surface area (TPSA) is 63.2 Å². The standard InChI is InChI=1S/C20H18ClN3O2/c1-13-11-15(21)5-9-18(13)24-19-10-6-16(12-22-19)23-20(25)14-3-7-17(26-2)8-4-14/h3-12H,1-2H3,(H,22,24)(H,23,25). The van der Waals surface area contributed by atoms with E-state index >= 15 is 0 Å². The van der Waals surface area contributed by atoms with E-state index < -0.39 is 0 Å². The highest BCUT2D eigenvalue weighted by Crippen LogP contribution is 2.23. The van der Waals surface area contributed by atoms with Gasteiger partial charge in [-0.05, 0) is 67.1 Å². The Hall–Kier alpha value is -3.05. The second-order valence-corrected chi connectivity index (χ2v) is 6.14. The molecule has 6 heteroatoms. The number of aryl methyl sites for hydroxylation is 1. The van der Waals surface area contributed by atoms with Crippen molar-refractivity contribution in [1.29, 1.82) is 0 Å². The van der Waals surface area contributed by atoms with Gasteiger partial charge in [-0.2, -0.15) is 0 Å². The van der Waals surface area contributed by atoms with Gasteiger partial charge in [0, 0.05) is 16.3 Å². The highest BCUT2D eigenvalue weighted by Gasteiger charge is 2.07. The molecular weight excluding hydrogens is 350 g/mol. The zero-order valence-electron chi connectivity index (χ0n) is 14.4. The second-order valence-electron chi connectivity index (χ2n) is 5.70. The van der Waals surface area contributed by atoms with Crippen LogP contribution in [0.15, 0.2) is 60.8 Å². The van der Waals surface area contributed by atoms with E-state index in [1.54, 1.807) is 49.7 Å². The van der Waals surface area contributed by atoms with E-state index in [9.17, 15) is 4.79 Å². The van der Waals surface area contributed by atoms with Gasteiger partial charge in [0.2, 0.25) is 0 Å². The van der Waals surface area contributed by atoms with Gasteiger partial charge in [-0.3, -0.25) is 4.79 Å². The van der Waals surface area contributed by atoms with Crippen LogP contribution >= 0.6 is 11.6 Å². The number of methoxy groups -OCH3 is 1. The smallest absolute Gasteiger partial charge is 0.255 e. The molecule has 1 heterocycles. The third-order valence-corrected chi connectivity index (χ3v) is 4.06. The van der Waals surface area contributed by atoms with Crippen molar-refractivity contribution in [2.75, 3.05) is 17.7 Å². The van der Waals surface area contributed by atoms with Crippen molar-refractivity contribution in [3.8, 4) is 5.75 Å². The maximum atomic E-state index is 12.3. The van der Waals surface area contributed by atoms with Crippen LogP contribution in [0.2, 0.25) is 5.02 Å². The molecule has 0 saturated heterocycles. The summed E-state index contributed by atoms with van der Waals surface area (Å²) in [7, 11) is 1.59. The average molecular weight is 368 g/mol. The number of carbonyl (C=O) groups excluding carboxylic acids is 1. The third kappa shape index (κ3) is 4.32. The van der Waals surface area contributed by atoms with Gasteiger partial charge in [0.1, 0.15) is 11.6 Å². The number of carbonyl (C=O) groups is 1. The number of hydrogen-bond acceptors (Lipinski definition) is 4. The summed E-state index contributed by atoms with van der Waals surface area (Å²) in [6.45, 7) is 1.97. The lowest BCUT2D eigenvalue weighted by molar-refractivity contribution is 0.102. The fourth-order valence-electron chi connectivity index (χ4n) is 2.39. The number of aromatic nitrogens is 1. The molecule has 1 amide bonds. The lowest BCUT2D eigenvalue weighted by atomic mass is 10.2. The van der Waals surface area contributed by atoms with Gasteiger partial charge < -0.3 is 15.4 Å². The normalized spacial score (nSPS) is 10.3. The maximum absolute atomic E-state index is 12.3.